The number of anilines is 1. The Labute approximate surface area is 149 Å². The lowest BCUT2D eigenvalue weighted by Gasteiger charge is -2.41. The fourth-order valence-electron chi connectivity index (χ4n) is 3.78. The molecule has 4 unspecified atom stereocenters. The molecule has 9 heteroatoms. The number of nitrogens with two attached hydrogens (primary N) is 1. The highest BCUT2D eigenvalue weighted by Gasteiger charge is 2.46. The van der Waals surface area contributed by atoms with Crippen molar-refractivity contribution in [1.82, 2.24) is 4.90 Å². The standard InChI is InChI=1S/C17H24F3N3O3/c18-17(19,20)11-2-1-3-12(8-11)22-4-6-23(7-5-22)15-13(9-21)26-14(10-24)16(15)25/h1-3,8,13-16,24-25H,4-7,9-10,21H2. The highest BCUT2D eigenvalue weighted by Crippen LogP contribution is 2.32. The van der Waals surface area contributed by atoms with E-state index in [1.165, 1.54) is 6.07 Å². The van der Waals surface area contributed by atoms with Crippen LogP contribution in [0.2, 0.25) is 0 Å². The van der Waals surface area contributed by atoms with Crippen LogP contribution in [0.15, 0.2) is 24.3 Å². The zero-order valence-corrected chi connectivity index (χ0v) is 14.3. The molecule has 2 saturated heterocycles. The van der Waals surface area contributed by atoms with Crippen LogP contribution in [-0.2, 0) is 10.9 Å². The lowest BCUT2D eigenvalue weighted by Crippen LogP contribution is -2.57. The summed E-state index contributed by atoms with van der Waals surface area (Å²) in [4.78, 5) is 3.94. The molecule has 0 spiro atoms. The molecular formula is C17H24F3N3O3. The minimum absolute atomic E-state index is 0.228. The smallest absolute Gasteiger partial charge is 0.394 e. The van der Waals surface area contributed by atoms with E-state index in [1.54, 1.807) is 6.07 Å². The summed E-state index contributed by atoms with van der Waals surface area (Å²) >= 11 is 0. The van der Waals surface area contributed by atoms with Gasteiger partial charge in [0.05, 0.1) is 24.3 Å². The van der Waals surface area contributed by atoms with Gasteiger partial charge in [-0.15, -0.1) is 0 Å². The molecule has 2 heterocycles. The number of piperazine rings is 1. The number of ether oxygens (including phenoxy) is 1. The van der Waals surface area contributed by atoms with Crippen LogP contribution in [0.5, 0.6) is 0 Å². The molecule has 1 aromatic carbocycles. The van der Waals surface area contributed by atoms with Crippen LogP contribution in [0.1, 0.15) is 5.56 Å². The zero-order valence-electron chi connectivity index (χ0n) is 14.3. The molecule has 4 N–H and O–H groups in total. The molecular weight excluding hydrogens is 351 g/mol. The van der Waals surface area contributed by atoms with Crippen molar-refractivity contribution in [2.45, 2.75) is 30.5 Å². The lowest BCUT2D eigenvalue weighted by molar-refractivity contribution is -0.137. The van der Waals surface area contributed by atoms with Crippen molar-refractivity contribution in [1.29, 1.82) is 0 Å². The van der Waals surface area contributed by atoms with Gasteiger partial charge in [0.15, 0.2) is 0 Å². The molecule has 1 aromatic rings. The Kier molecular flexibility index (Phi) is 5.73. The van der Waals surface area contributed by atoms with Gasteiger partial charge in [0.2, 0.25) is 0 Å². The molecule has 0 bridgehead atoms. The maximum absolute atomic E-state index is 12.9. The van der Waals surface area contributed by atoms with Crippen molar-refractivity contribution in [2.24, 2.45) is 5.73 Å². The van der Waals surface area contributed by atoms with Crippen LogP contribution in [0.3, 0.4) is 0 Å². The molecule has 2 fully saturated rings. The fraction of sp³-hybridized carbons (Fsp3) is 0.647. The van der Waals surface area contributed by atoms with E-state index in [1.807, 2.05) is 9.80 Å². The summed E-state index contributed by atoms with van der Waals surface area (Å²) in [6, 6.07) is 4.99. The Bertz CT molecular complexity index is 606. The van der Waals surface area contributed by atoms with Gasteiger partial charge in [0.1, 0.15) is 12.2 Å². The van der Waals surface area contributed by atoms with Crippen molar-refractivity contribution in [2.75, 3.05) is 44.2 Å². The van der Waals surface area contributed by atoms with Crippen molar-refractivity contribution in [3.8, 4) is 0 Å². The van der Waals surface area contributed by atoms with Gasteiger partial charge in [-0.05, 0) is 18.2 Å². The van der Waals surface area contributed by atoms with Crippen LogP contribution < -0.4 is 10.6 Å². The van der Waals surface area contributed by atoms with Gasteiger partial charge in [-0.3, -0.25) is 4.90 Å². The molecule has 4 atom stereocenters. The molecule has 0 saturated carbocycles. The molecule has 146 valence electrons. The molecule has 0 amide bonds. The number of aliphatic hydroxyl groups excluding tert-OH is 2. The van der Waals surface area contributed by atoms with Crippen LogP contribution in [-0.4, -0.2) is 78.8 Å². The van der Waals surface area contributed by atoms with Crippen LogP contribution in [0, 0.1) is 0 Å². The number of benzene rings is 1. The molecule has 6 nitrogen and oxygen atoms in total. The number of aliphatic hydroxyl groups is 2. The van der Waals surface area contributed by atoms with Crippen LogP contribution in [0.25, 0.3) is 0 Å². The first-order valence-electron chi connectivity index (χ1n) is 8.66. The van der Waals surface area contributed by atoms with E-state index in [-0.39, 0.29) is 25.3 Å². The second-order valence-corrected chi connectivity index (χ2v) is 6.68. The van der Waals surface area contributed by atoms with Crippen molar-refractivity contribution < 1.29 is 28.1 Å². The molecule has 2 aliphatic heterocycles. The lowest BCUT2D eigenvalue weighted by atomic mass is 10.0. The average Bonchev–Trinajstić information content (AvgIpc) is 2.97. The number of nitrogens with zero attached hydrogens (tertiary/aromatic N) is 2. The number of hydrogen-bond donors (Lipinski definition) is 3. The topological polar surface area (TPSA) is 82.2 Å². The van der Waals surface area contributed by atoms with Gasteiger partial charge in [0.25, 0.3) is 0 Å². The van der Waals surface area contributed by atoms with Crippen LogP contribution in [0.4, 0.5) is 18.9 Å². The summed E-state index contributed by atoms with van der Waals surface area (Å²) in [5.74, 6) is 0. The Hall–Kier alpha value is -1.39. The molecule has 26 heavy (non-hydrogen) atoms. The first kappa shape index (κ1) is 19.4. The highest BCUT2D eigenvalue weighted by molar-refractivity contribution is 5.49. The third-order valence-corrected chi connectivity index (χ3v) is 5.15. The number of hydrogen-bond acceptors (Lipinski definition) is 6. The van der Waals surface area contributed by atoms with E-state index in [2.05, 4.69) is 0 Å². The monoisotopic (exact) mass is 375 g/mol. The van der Waals surface area contributed by atoms with Crippen molar-refractivity contribution in [3.63, 3.8) is 0 Å². The van der Waals surface area contributed by atoms with Gasteiger partial charge in [0, 0.05) is 38.4 Å². The van der Waals surface area contributed by atoms with Crippen LogP contribution >= 0.6 is 0 Å². The fourth-order valence-corrected chi connectivity index (χ4v) is 3.78. The summed E-state index contributed by atoms with van der Waals surface area (Å²) < 4.78 is 44.3. The first-order valence-corrected chi connectivity index (χ1v) is 8.66. The molecule has 0 aromatic heterocycles. The third kappa shape index (κ3) is 3.81. The normalized spacial score (nSPS) is 30.8. The van der Waals surface area contributed by atoms with Gasteiger partial charge in [-0.25, -0.2) is 0 Å². The molecule has 3 rings (SSSR count). The van der Waals surface area contributed by atoms with Gasteiger partial charge < -0.3 is 25.6 Å². The minimum Gasteiger partial charge on any atom is -0.394 e. The van der Waals surface area contributed by atoms with E-state index in [9.17, 15) is 23.4 Å². The number of rotatable bonds is 4. The predicted molar refractivity (Wildman–Crippen MR) is 89.8 cm³/mol. The summed E-state index contributed by atoms with van der Waals surface area (Å²) in [6.45, 7) is 2.15. The largest absolute Gasteiger partial charge is 0.416 e. The maximum Gasteiger partial charge on any atom is 0.416 e. The predicted octanol–water partition coefficient (Wildman–Crippen LogP) is 0.275. The van der Waals surface area contributed by atoms with E-state index < -0.39 is 23.9 Å². The average molecular weight is 375 g/mol. The maximum atomic E-state index is 12.9. The second kappa shape index (κ2) is 7.69. The Morgan fingerprint density at radius 1 is 1.15 bits per heavy atom. The molecule has 0 radical (unpaired) electrons. The highest BCUT2D eigenvalue weighted by atomic mass is 19.4. The minimum atomic E-state index is -4.36. The number of halogens is 3. The van der Waals surface area contributed by atoms with Crippen molar-refractivity contribution in [3.05, 3.63) is 29.8 Å². The summed E-state index contributed by atoms with van der Waals surface area (Å²) in [6.07, 6.45) is -6.23. The second-order valence-electron chi connectivity index (χ2n) is 6.68. The van der Waals surface area contributed by atoms with E-state index in [0.29, 0.717) is 31.9 Å². The van der Waals surface area contributed by atoms with E-state index >= 15 is 0 Å². The first-order chi connectivity index (χ1) is 12.3. The Balaban J connectivity index is 1.66. The Morgan fingerprint density at radius 3 is 2.42 bits per heavy atom. The third-order valence-electron chi connectivity index (χ3n) is 5.15. The summed E-state index contributed by atoms with van der Waals surface area (Å²) in [7, 11) is 0. The van der Waals surface area contributed by atoms with Crippen molar-refractivity contribution >= 4 is 5.69 Å². The van der Waals surface area contributed by atoms with Gasteiger partial charge in [-0.2, -0.15) is 13.2 Å². The Morgan fingerprint density at radius 2 is 1.85 bits per heavy atom. The van der Waals surface area contributed by atoms with Gasteiger partial charge in [-0.1, -0.05) is 6.07 Å². The van der Waals surface area contributed by atoms with E-state index in [4.69, 9.17) is 10.5 Å². The molecule has 2 aliphatic rings. The SMILES string of the molecule is NCC1OC(CO)C(O)C1N1CCN(c2cccc(C(F)(F)F)c2)CC1. The summed E-state index contributed by atoms with van der Waals surface area (Å²) in [5, 5.41) is 19.7. The summed E-state index contributed by atoms with van der Waals surface area (Å²) in [5.41, 5.74) is 5.60. The van der Waals surface area contributed by atoms with Gasteiger partial charge >= 0.3 is 6.18 Å². The van der Waals surface area contributed by atoms with E-state index in [0.717, 1.165) is 12.1 Å². The molecule has 0 aliphatic carbocycles. The zero-order chi connectivity index (χ0) is 18.9. The quantitative estimate of drug-likeness (QED) is 0.701. The number of alkyl halides is 3.